The number of nitriles is 1. The first-order chi connectivity index (χ1) is 16.5. The Kier molecular flexibility index (Phi) is 7.73. The molecule has 1 saturated heterocycles. The molecular weight excluding hydrogens is 534 g/mol. The minimum atomic E-state index is -0.518. The number of carbonyl (C=O) groups excluding carboxylic acids is 2. The molecule has 1 heterocycles. The maximum Gasteiger partial charge on any atom is 0.264 e. The largest absolute Gasteiger partial charge is 0.347 e. The molecule has 1 aliphatic heterocycles. The number of nitrogens with zero attached hydrogens (tertiary/aromatic N) is 2. The highest BCUT2D eigenvalue weighted by Gasteiger charge is 2.40. The van der Waals surface area contributed by atoms with Gasteiger partial charge in [-0.3, -0.25) is 14.5 Å². The summed E-state index contributed by atoms with van der Waals surface area (Å²) >= 11 is 10.6. The molecule has 1 unspecified atom stereocenters. The van der Waals surface area contributed by atoms with Crippen LogP contribution in [0, 0.1) is 11.3 Å². The maximum absolute atomic E-state index is 13.5. The lowest BCUT2D eigenvalue weighted by atomic mass is 10.1. The van der Waals surface area contributed by atoms with Crippen molar-refractivity contribution in [1.82, 2.24) is 5.32 Å². The molecule has 8 heteroatoms. The number of halogens is 2. The van der Waals surface area contributed by atoms with E-state index in [0.29, 0.717) is 22.2 Å². The SMILES string of the molecule is N#C/C(C(=O)NCc1ccccc1)=C1/SC(Cc2ccc(Cl)cc2)C(=O)N1c1ccc(Br)cc1. The van der Waals surface area contributed by atoms with Gasteiger partial charge < -0.3 is 5.32 Å². The van der Waals surface area contributed by atoms with E-state index in [4.69, 9.17) is 11.6 Å². The average Bonchev–Trinajstić information content (AvgIpc) is 3.16. The lowest BCUT2D eigenvalue weighted by Crippen LogP contribution is -2.32. The molecule has 4 rings (SSSR count). The van der Waals surface area contributed by atoms with Gasteiger partial charge in [-0.1, -0.05) is 81.8 Å². The van der Waals surface area contributed by atoms with Crippen LogP contribution in [0.3, 0.4) is 0 Å². The van der Waals surface area contributed by atoms with Crippen LogP contribution in [0.2, 0.25) is 5.02 Å². The molecular formula is C26H19BrClN3O2S. The van der Waals surface area contributed by atoms with E-state index >= 15 is 0 Å². The van der Waals surface area contributed by atoms with E-state index in [1.807, 2.05) is 60.7 Å². The molecule has 0 spiro atoms. The second-order valence-electron chi connectivity index (χ2n) is 7.55. The van der Waals surface area contributed by atoms with Gasteiger partial charge in [-0.25, -0.2) is 0 Å². The van der Waals surface area contributed by atoms with Crippen LogP contribution in [0.15, 0.2) is 93.9 Å². The Morgan fingerprint density at radius 3 is 2.35 bits per heavy atom. The molecule has 0 aromatic heterocycles. The monoisotopic (exact) mass is 551 g/mol. The number of anilines is 1. The predicted octanol–water partition coefficient (Wildman–Crippen LogP) is 5.85. The van der Waals surface area contributed by atoms with Crippen LogP contribution in [0.5, 0.6) is 0 Å². The van der Waals surface area contributed by atoms with Gasteiger partial charge in [-0.2, -0.15) is 5.26 Å². The zero-order valence-electron chi connectivity index (χ0n) is 17.9. The van der Waals surface area contributed by atoms with Crippen molar-refractivity contribution in [3.63, 3.8) is 0 Å². The summed E-state index contributed by atoms with van der Waals surface area (Å²) in [7, 11) is 0. The first-order valence-corrected chi connectivity index (χ1v) is 12.5. The van der Waals surface area contributed by atoms with Gasteiger partial charge in [-0.15, -0.1) is 0 Å². The van der Waals surface area contributed by atoms with Crippen molar-refractivity contribution in [2.24, 2.45) is 0 Å². The third-order valence-electron chi connectivity index (χ3n) is 5.22. The molecule has 1 N–H and O–H groups in total. The van der Waals surface area contributed by atoms with Gasteiger partial charge in [0.1, 0.15) is 16.7 Å². The summed E-state index contributed by atoms with van der Waals surface area (Å²) in [5.41, 5.74) is 2.37. The number of carbonyl (C=O) groups is 2. The van der Waals surface area contributed by atoms with Crippen LogP contribution >= 0.6 is 39.3 Å². The molecule has 0 bridgehead atoms. The number of rotatable bonds is 6. The van der Waals surface area contributed by atoms with Crippen LogP contribution in [0.25, 0.3) is 0 Å². The molecule has 1 fully saturated rings. The summed E-state index contributed by atoms with van der Waals surface area (Å²) in [6.07, 6.45) is 0.446. The van der Waals surface area contributed by atoms with Gasteiger partial charge in [0.15, 0.2) is 0 Å². The van der Waals surface area contributed by atoms with Crippen molar-refractivity contribution < 1.29 is 9.59 Å². The molecule has 34 heavy (non-hydrogen) atoms. The van der Waals surface area contributed by atoms with Crippen LogP contribution in [-0.4, -0.2) is 17.1 Å². The van der Waals surface area contributed by atoms with Crippen LogP contribution in [-0.2, 0) is 22.6 Å². The third-order valence-corrected chi connectivity index (χ3v) is 7.26. The van der Waals surface area contributed by atoms with Crippen LogP contribution in [0.1, 0.15) is 11.1 Å². The van der Waals surface area contributed by atoms with Gasteiger partial charge in [0, 0.05) is 21.7 Å². The van der Waals surface area contributed by atoms with Gasteiger partial charge >= 0.3 is 0 Å². The fraction of sp³-hybridized carbons (Fsp3) is 0.115. The highest BCUT2D eigenvalue weighted by molar-refractivity contribution is 9.10. The number of amides is 2. The quantitative estimate of drug-likeness (QED) is 0.308. The topological polar surface area (TPSA) is 73.2 Å². The molecule has 0 saturated carbocycles. The number of benzene rings is 3. The first-order valence-electron chi connectivity index (χ1n) is 10.4. The van der Waals surface area contributed by atoms with Gasteiger partial charge in [0.2, 0.25) is 5.91 Å². The minimum Gasteiger partial charge on any atom is -0.347 e. The maximum atomic E-state index is 13.5. The van der Waals surface area contributed by atoms with E-state index in [2.05, 4.69) is 21.2 Å². The van der Waals surface area contributed by atoms with E-state index in [-0.39, 0.29) is 18.0 Å². The molecule has 1 aliphatic rings. The van der Waals surface area contributed by atoms with Crippen molar-refractivity contribution >= 4 is 56.8 Å². The molecule has 1 atom stereocenters. The average molecular weight is 553 g/mol. The molecule has 3 aromatic carbocycles. The van der Waals surface area contributed by atoms with E-state index in [1.54, 1.807) is 24.3 Å². The summed E-state index contributed by atoms with van der Waals surface area (Å²) in [5, 5.41) is 13.2. The van der Waals surface area contributed by atoms with Gasteiger partial charge in [0.05, 0.1) is 5.25 Å². The van der Waals surface area contributed by atoms with Gasteiger partial charge in [0.25, 0.3) is 5.91 Å². The predicted molar refractivity (Wildman–Crippen MR) is 139 cm³/mol. The Morgan fingerprint density at radius 1 is 1.03 bits per heavy atom. The Morgan fingerprint density at radius 2 is 1.71 bits per heavy atom. The first kappa shape index (κ1) is 24.1. The molecule has 0 aliphatic carbocycles. The summed E-state index contributed by atoms with van der Waals surface area (Å²) in [5.74, 6) is -0.697. The van der Waals surface area contributed by atoms with Crippen molar-refractivity contribution in [3.8, 4) is 6.07 Å². The minimum absolute atomic E-state index is 0.0872. The Bertz CT molecular complexity index is 1270. The standard InChI is InChI=1S/C26H19BrClN3O2S/c27-19-8-12-21(13-9-19)31-25(33)23(14-17-6-10-20(28)11-7-17)34-26(31)22(15-29)24(32)30-16-18-4-2-1-3-5-18/h1-13,23H,14,16H2,(H,30,32)/b26-22-. The van der Waals surface area contributed by atoms with E-state index in [9.17, 15) is 14.9 Å². The van der Waals surface area contributed by atoms with Crippen molar-refractivity contribution in [3.05, 3.63) is 110 Å². The van der Waals surface area contributed by atoms with E-state index in [1.165, 1.54) is 16.7 Å². The van der Waals surface area contributed by atoms with Gasteiger partial charge in [-0.05, 0) is 53.9 Å². The number of hydrogen-bond donors (Lipinski definition) is 1. The molecule has 170 valence electrons. The fourth-order valence-electron chi connectivity index (χ4n) is 3.51. The lowest BCUT2D eigenvalue weighted by molar-refractivity contribution is -0.117. The zero-order valence-corrected chi connectivity index (χ0v) is 21.0. The normalized spacial score (nSPS) is 16.8. The summed E-state index contributed by atoms with van der Waals surface area (Å²) in [6.45, 7) is 0.281. The molecule has 2 amide bonds. The lowest BCUT2D eigenvalue weighted by Gasteiger charge is -2.19. The zero-order chi connectivity index (χ0) is 24.1. The third kappa shape index (κ3) is 5.53. The summed E-state index contributed by atoms with van der Waals surface area (Å²) < 4.78 is 0.861. The highest BCUT2D eigenvalue weighted by atomic mass is 79.9. The van der Waals surface area contributed by atoms with E-state index < -0.39 is 11.2 Å². The molecule has 5 nitrogen and oxygen atoms in total. The number of hydrogen-bond acceptors (Lipinski definition) is 4. The smallest absolute Gasteiger partial charge is 0.264 e. The van der Waals surface area contributed by atoms with E-state index in [0.717, 1.165) is 15.6 Å². The van der Waals surface area contributed by atoms with Crippen LogP contribution in [0.4, 0.5) is 5.69 Å². The Labute approximate surface area is 215 Å². The Hall–Kier alpha value is -3.05. The molecule has 0 radical (unpaired) electrons. The fourth-order valence-corrected chi connectivity index (χ4v) is 5.21. The van der Waals surface area contributed by atoms with Crippen LogP contribution < -0.4 is 10.2 Å². The van der Waals surface area contributed by atoms with Crippen molar-refractivity contribution in [2.75, 3.05) is 4.90 Å². The highest BCUT2D eigenvalue weighted by Crippen LogP contribution is 2.42. The number of nitrogens with one attached hydrogen (secondary N) is 1. The summed E-state index contributed by atoms with van der Waals surface area (Å²) in [6, 6.07) is 26.0. The molecule has 3 aromatic rings. The summed E-state index contributed by atoms with van der Waals surface area (Å²) in [4.78, 5) is 28.0. The van der Waals surface area contributed by atoms with Crippen molar-refractivity contribution in [2.45, 2.75) is 18.2 Å². The number of thioether (sulfide) groups is 1. The second-order valence-corrected chi connectivity index (χ2v) is 10.1. The Balaban J connectivity index is 1.66. The second kappa shape index (κ2) is 10.9. The van der Waals surface area contributed by atoms with Crippen molar-refractivity contribution in [1.29, 1.82) is 5.26 Å².